The smallest absolute Gasteiger partial charge is 0.238 e. The molecule has 1 saturated heterocycles. The second-order valence-corrected chi connectivity index (χ2v) is 11.0. The second-order valence-electron chi connectivity index (χ2n) is 10.0. The lowest BCUT2D eigenvalue weighted by atomic mass is 9.64. The van der Waals surface area contributed by atoms with Gasteiger partial charge in [0.25, 0.3) is 0 Å². The summed E-state index contributed by atoms with van der Waals surface area (Å²) < 4.78 is 0.835. The summed E-state index contributed by atoms with van der Waals surface area (Å²) in [5, 5.41) is 3.05. The van der Waals surface area contributed by atoms with Crippen LogP contribution in [0.4, 0.5) is 11.4 Å². The van der Waals surface area contributed by atoms with E-state index < -0.39 is 23.4 Å². The average Bonchev–Trinajstić information content (AvgIpc) is 3.45. The first-order valence-electron chi connectivity index (χ1n) is 12.7. The summed E-state index contributed by atoms with van der Waals surface area (Å²) in [5.74, 6) is -1.78. The van der Waals surface area contributed by atoms with Crippen LogP contribution in [0.1, 0.15) is 31.8 Å². The molecule has 7 rings (SSSR count). The van der Waals surface area contributed by atoms with Crippen molar-refractivity contribution >= 4 is 50.9 Å². The van der Waals surface area contributed by atoms with Crippen molar-refractivity contribution < 1.29 is 14.4 Å². The van der Waals surface area contributed by atoms with Gasteiger partial charge >= 0.3 is 0 Å². The number of carbonyl (C=O) groups is 3. The van der Waals surface area contributed by atoms with E-state index in [4.69, 9.17) is 0 Å². The number of para-hydroxylation sites is 2. The van der Waals surface area contributed by atoms with Crippen LogP contribution in [-0.2, 0) is 10.2 Å². The van der Waals surface area contributed by atoms with Crippen LogP contribution in [0.5, 0.6) is 0 Å². The summed E-state index contributed by atoms with van der Waals surface area (Å²) in [6, 6.07) is 24.3. The average molecular weight is 576 g/mol. The van der Waals surface area contributed by atoms with Crippen molar-refractivity contribution in [2.24, 2.45) is 5.92 Å². The first kappa shape index (κ1) is 23.7. The van der Waals surface area contributed by atoms with Crippen molar-refractivity contribution in [3.05, 3.63) is 130 Å². The Kier molecular flexibility index (Phi) is 5.39. The molecule has 6 nitrogen and oxygen atoms in total. The van der Waals surface area contributed by atoms with Crippen LogP contribution in [0.15, 0.2) is 108 Å². The van der Waals surface area contributed by atoms with E-state index in [9.17, 15) is 14.4 Å². The summed E-state index contributed by atoms with van der Waals surface area (Å²) >= 11 is 3.45. The molecule has 3 aliphatic rings. The number of rotatable bonds is 4. The number of halogens is 1. The predicted octanol–water partition coefficient (Wildman–Crippen LogP) is 5.70. The van der Waals surface area contributed by atoms with Gasteiger partial charge < -0.3 is 10.2 Å². The van der Waals surface area contributed by atoms with Gasteiger partial charge in [0.1, 0.15) is 11.5 Å². The number of Topliss-reactive ketones (excluding diaryl/α,β-unsaturated/α-hetero) is 2. The lowest BCUT2D eigenvalue weighted by molar-refractivity contribution is -0.121. The fraction of sp³-hybridized carbons (Fsp3) is 0.125. The van der Waals surface area contributed by atoms with E-state index in [2.05, 4.69) is 26.2 Å². The number of aromatic nitrogens is 1. The van der Waals surface area contributed by atoms with Gasteiger partial charge in [-0.3, -0.25) is 19.4 Å². The Morgan fingerprint density at radius 3 is 2.44 bits per heavy atom. The maximum absolute atomic E-state index is 14.7. The topological polar surface area (TPSA) is 79.4 Å². The molecule has 3 aliphatic heterocycles. The zero-order valence-corrected chi connectivity index (χ0v) is 22.2. The number of benzene rings is 3. The molecule has 1 amide bonds. The normalized spacial score (nSPS) is 24.2. The minimum atomic E-state index is -1.33. The monoisotopic (exact) mass is 575 g/mol. The molecule has 4 aromatic rings. The quantitative estimate of drug-likeness (QED) is 0.316. The molecule has 1 spiro atoms. The standard InChI is InChI=1S/C32H22BrN3O3/c33-22-14-11-20(12-15-22)29(37)27-28(30(38)21-7-5-17-34-18-21)36-25-10-4-1-6-19(25)13-16-26(36)32(27)23-8-2-3-9-24(23)35-31(32)39/h1-18,26-28H,(H,35,39)/t26-,27-,28+,32+/m1/s1. The Morgan fingerprint density at radius 1 is 0.872 bits per heavy atom. The second kappa shape index (κ2) is 8.85. The van der Waals surface area contributed by atoms with E-state index in [1.165, 1.54) is 6.20 Å². The summed E-state index contributed by atoms with van der Waals surface area (Å²) in [6.07, 6.45) is 7.10. The minimum Gasteiger partial charge on any atom is -0.352 e. The van der Waals surface area contributed by atoms with Gasteiger partial charge in [-0.1, -0.05) is 76.6 Å². The molecule has 190 valence electrons. The van der Waals surface area contributed by atoms with Crippen molar-refractivity contribution in [2.45, 2.75) is 17.5 Å². The number of nitrogens with one attached hydrogen (secondary N) is 1. The number of nitrogens with zero attached hydrogens (tertiary/aromatic N) is 2. The molecule has 0 unspecified atom stereocenters. The molecule has 4 atom stereocenters. The molecule has 4 heterocycles. The third-order valence-corrected chi connectivity index (χ3v) is 8.70. The Balaban J connectivity index is 1.54. The number of hydrogen-bond acceptors (Lipinski definition) is 5. The van der Waals surface area contributed by atoms with Gasteiger partial charge in [-0.15, -0.1) is 0 Å². The number of pyridine rings is 1. The van der Waals surface area contributed by atoms with Gasteiger partial charge in [-0.25, -0.2) is 0 Å². The molecular weight excluding hydrogens is 554 g/mol. The maximum atomic E-state index is 14.7. The van der Waals surface area contributed by atoms with Gasteiger partial charge in [0.2, 0.25) is 5.91 Å². The first-order valence-corrected chi connectivity index (χ1v) is 13.5. The van der Waals surface area contributed by atoms with E-state index in [1.54, 1.807) is 42.6 Å². The van der Waals surface area contributed by atoms with Crippen LogP contribution in [-0.4, -0.2) is 34.5 Å². The molecule has 7 heteroatoms. The lowest BCUT2D eigenvalue weighted by Crippen LogP contribution is -2.51. The van der Waals surface area contributed by atoms with E-state index in [0.29, 0.717) is 16.8 Å². The van der Waals surface area contributed by atoms with Gasteiger partial charge in [0, 0.05) is 39.4 Å². The van der Waals surface area contributed by atoms with Crippen LogP contribution < -0.4 is 10.2 Å². The Labute approximate surface area is 233 Å². The van der Waals surface area contributed by atoms with Crippen LogP contribution in [0, 0.1) is 5.92 Å². The van der Waals surface area contributed by atoms with E-state index in [-0.39, 0.29) is 17.5 Å². The van der Waals surface area contributed by atoms with Crippen molar-refractivity contribution in [1.82, 2.24) is 4.98 Å². The molecule has 0 aliphatic carbocycles. The van der Waals surface area contributed by atoms with E-state index in [0.717, 1.165) is 21.3 Å². The van der Waals surface area contributed by atoms with Crippen molar-refractivity contribution in [1.29, 1.82) is 0 Å². The number of ketones is 2. The highest BCUT2D eigenvalue weighted by molar-refractivity contribution is 9.10. The highest BCUT2D eigenvalue weighted by Crippen LogP contribution is 2.58. The molecule has 1 aromatic heterocycles. The summed E-state index contributed by atoms with van der Waals surface area (Å²) in [4.78, 5) is 49.6. The molecule has 3 aromatic carbocycles. The lowest BCUT2D eigenvalue weighted by Gasteiger charge is -2.37. The first-order chi connectivity index (χ1) is 19.0. The number of hydrogen-bond donors (Lipinski definition) is 1. The van der Waals surface area contributed by atoms with Crippen molar-refractivity contribution in [3.8, 4) is 0 Å². The van der Waals surface area contributed by atoms with E-state index in [1.807, 2.05) is 65.6 Å². The van der Waals surface area contributed by atoms with Crippen molar-refractivity contribution in [3.63, 3.8) is 0 Å². The van der Waals surface area contributed by atoms with Gasteiger partial charge in [-0.05, 0) is 47.5 Å². The molecular formula is C32H22BrN3O3. The molecule has 39 heavy (non-hydrogen) atoms. The summed E-state index contributed by atoms with van der Waals surface area (Å²) in [6.45, 7) is 0. The highest BCUT2D eigenvalue weighted by atomic mass is 79.9. The SMILES string of the molecule is O=C(c1cccnc1)[C@@H]1[C@H](C(=O)c2ccc(Br)cc2)[C@@]2(C(=O)Nc3ccccc32)[C@H]2C=Cc3ccccc3N12. The largest absolute Gasteiger partial charge is 0.352 e. The van der Waals surface area contributed by atoms with Gasteiger partial charge in [0.05, 0.1) is 12.0 Å². The molecule has 1 N–H and O–H groups in total. The van der Waals surface area contributed by atoms with Crippen LogP contribution in [0.3, 0.4) is 0 Å². The van der Waals surface area contributed by atoms with Gasteiger partial charge in [-0.2, -0.15) is 0 Å². The van der Waals surface area contributed by atoms with Crippen molar-refractivity contribution in [2.75, 3.05) is 10.2 Å². The maximum Gasteiger partial charge on any atom is 0.238 e. The van der Waals surface area contributed by atoms with Gasteiger partial charge in [0.15, 0.2) is 11.6 Å². The number of amides is 1. The molecule has 0 radical (unpaired) electrons. The highest BCUT2D eigenvalue weighted by Gasteiger charge is 2.70. The Hall–Kier alpha value is -4.36. The predicted molar refractivity (Wildman–Crippen MR) is 153 cm³/mol. The molecule has 0 saturated carbocycles. The number of carbonyl (C=O) groups excluding carboxylic acids is 3. The third-order valence-electron chi connectivity index (χ3n) is 8.17. The number of anilines is 2. The zero-order valence-electron chi connectivity index (χ0n) is 20.6. The fourth-order valence-electron chi connectivity index (χ4n) is 6.59. The Bertz CT molecular complexity index is 1680. The van der Waals surface area contributed by atoms with Crippen LogP contribution >= 0.6 is 15.9 Å². The summed E-state index contributed by atoms with van der Waals surface area (Å²) in [5.41, 5.74) is 2.65. The zero-order chi connectivity index (χ0) is 26.7. The van der Waals surface area contributed by atoms with Crippen LogP contribution in [0.2, 0.25) is 0 Å². The van der Waals surface area contributed by atoms with E-state index >= 15 is 0 Å². The minimum absolute atomic E-state index is 0.247. The molecule has 1 fully saturated rings. The third kappa shape index (κ3) is 3.32. The Morgan fingerprint density at radius 2 is 1.64 bits per heavy atom. The fourth-order valence-corrected chi connectivity index (χ4v) is 6.86. The summed E-state index contributed by atoms with van der Waals surface area (Å²) in [7, 11) is 0. The molecule has 0 bridgehead atoms. The van der Waals surface area contributed by atoms with Crippen LogP contribution in [0.25, 0.3) is 6.08 Å². The number of fused-ring (bicyclic) bond motifs is 6.